The van der Waals surface area contributed by atoms with Gasteiger partial charge in [0.1, 0.15) is 0 Å². The van der Waals surface area contributed by atoms with Crippen molar-refractivity contribution in [2.24, 2.45) is 0 Å². The topological polar surface area (TPSA) is 74.8 Å². The van der Waals surface area contributed by atoms with Gasteiger partial charge in [-0.05, 0) is 26.2 Å². The largest absolute Gasteiger partial charge is 0.337 e. The van der Waals surface area contributed by atoms with Crippen LogP contribution < -0.4 is 0 Å². The van der Waals surface area contributed by atoms with Crippen molar-refractivity contribution in [3.8, 4) is 0 Å². The molecule has 0 saturated carbocycles. The standard InChI is InChI=1S/C15H19N5O/c1-10(8-11-9-16-6-7-17-11)20(2)15(21)14-12-4-3-5-13(12)18-19-14/h6-7,9-10H,3-5,8H2,1-2H3,(H,18,19)/t10-/m1/s1. The second kappa shape index (κ2) is 5.63. The second-order valence-corrected chi connectivity index (χ2v) is 5.55. The van der Waals surface area contributed by atoms with Gasteiger partial charge in [-0.3, -0.25) is 19.9 Å². The second-order valence-electron chi connectivity index (χ2n) is 5.55. The molecule has 21 heavy (non-hydrogen) atoms. The number of carbonyl (C=O) groups excluding carboxylic acids is 1. The number of aromatic nitrogens is 4. The molecule has 0 fully saturated rings. The number of carbonyl (C=O) groups is 1. The number of nitrogens with zero attached hydrogens (tertiary/aromatic N) is 4. The molecule has 2 aromatic rings. The Morgan fingerprint density at radius 1 is 1.43 bits per heavy atom. The Balaban J connectivity index is 1.72. The van der Waals surface area contributed by atoms with Gasteiger partial charge in [-0.1, -0.05) is 0 Å². The number of nitrogens with one attached hydrogen (secondary N) is 1. The molecule has 2 aromatic heterocycles. The number of rotatable bonds is 4. The molecule has 110 valence electrons. The van der Waals surface area contributed by atoms with Crippen molar-refractivity contribution in [1.82, 2.24) is 25.1 Å². The first-order chi connectivity index (χ1) is 10.2. The van der Waals surface area contributed by atoms with E-state index in [-0.39, 0.29) is 11.9 Å². The summed E-state index contributed by atoms with van der Waals surface area (Å²) in [7, 11) is 1.82. The Morgan fingerprint density at radius 2 is 2.29 bits per heavy atom. The summed E-state index contributed by atoms with van der Waals surface area (Å²) in [5.74, 6) is -0.0224. The van der Waals surface area contributed by atoms with Crippen molar-refractivity contribution in [3.63, 3.8) is 0 Å². The molecule has 0 unspecified atom stereocenters. The number of hydrogen-bond donors (Lipinski definition) is 1. The Kier molecular flexibility index (Phi) is 3.68. The van der Waals surface area contributed by atoms with Crippen molar-refractivity contribution in [2.45, 2.75) is 38.6 Å². The molecule has 0 aliphatic heterocycles. The molecule has 6 nitrogen and oxygen atoms in total. The Bertz CT molecular complexity index is 637. The van der Waals surface area contributed by atoms with Crippen LogP contribution in [0, 0.1) is 0 Å². The smallest absolute Gasteiger partial charge is 0.274 e. The van der Waals surface area contributed by atoms with Crippen molar-refractivity contribution in [1.29, 1.82) is 0 Å². The minimum Gasteiger partial charge on any atom is -0.337 e. The zero-order valence-electron chi connectivity index (χ0n) is 12.3. The lowest BCUT2D eigenvalue weighted by molar-refractivity contribution is 0.0736. The van der Waals surface area contributed by atoms with Crippen LogP contribution >= 0.6 is 0 Å². The number of amides is 1. The average Bonchev–Trinajstić information content (AvgIpc) is 3.09. The molecular formula is C15H19N5O. The van der Waals surface area contributed by atoms with Crippen molar-refractivity contribution in [3.05, 3.63) is 41.2 Å². The van der Waals surface area contributed by atoms with Crippen molar-refractivity contribution >= 4 is 5.91 Å². The molecule has 0 saturated heterocycles. The van der Waals surface area contributed by atoms with Crippen LogP contribution in [-0.2, 0) is 19.3 Å². The molecule has 0 spiro atoms. The lowest BCUT2D eigenvalue weighted by atomic mass is 10.1. The van der Waals surface area contributed by atoms with Gasteiger partial charge in [-0.2, -0.15) is 5.10 Å². The first-order valence-electron chi connectivity index (χ1n) is 7.25. The van der Waals surface area contributed by atoms with Gasteiger partial charge in [0.05, 0.1) is 5.69 Å². The fraction of sp³-hybridized carbons (Fsp3) is 0.467. The van der Waals surface area contributed by atoms with E-state index in [0.29, 0.717) is 12.1 Å². The third kappa shape index (κ3) is 2.66. The summed E-state index contributed by atoms with van der Waals surface area (Å²) in [6.45, 7) is 2.01. The molecule has 3 rings (SSSR count). The van der Waals surface area contributed by atoms with Gasteiger partial charge in [-0.25, -0.2) is 0 Å². The van der Waals surface area contributed by atoms with E-state index < -0.39 is 0 Å². The average molecular weight is 285 g/mol. The summed E-state index contributed by atoms with van der Waals surface area (Å²) in [5.41, 5.74) is 3.68. The van der Waals surface area contributed by atoms with E-state index in [2.05, 4.69) is 20.2 Å². The third-order valence-corrected chi connectivity index (χ3v) is 4.11. The minimum absolute atomic E-state index is 0.0224. The number of hydrogen-bond acceptors (Lipinski definition) is 4. The van der Waals surface area contributed by atoms with Gasteiger partial charge >= 0.3 is 0 Å². The van der Waals surface area contributed by atoms with E-state index in [9.17, 15) is 4.79 Å². The maximum Gasteiger partial charge on any atom is 0.274 e. The zero-order chi connectivity index (χ0) is 14.8. The molecule has 0 aromatic carbocycles. The molecule has 1 aliphatic carbocycles. The van der Waals surface area contributed by atoms with E-state index in [1.54, 1.807) is 23.5 Å². The Morgan fingerprint density at radius 3 is 3.05 bits per heavy atom. The number of fused-ring (bicyclic) bond motifs is 1. The van der Waals surface area contributed by atoms with Crippen LogP contribution in [0.2, 0.25) is 0 Å². The molecule has 1 aliphatic rings. The summed E-state index contributed by atoms with van der Waals surface area (Å²) in [6, 6.07) is 0.0444. The van der Waals surface area contributed by atoms with Gasteiger partial charge in [0, 0.05) is 49.4 Å². The maximum absolute atomic E-state index is 12.6. The summed E-state index contributed by atoms with van der Waals surface area (Å²) in [6.07, 6.45) is 8.78. The van der Waals surface area contributed by atoms with Crippen molar-refractivity contribution < 1.29 is 4.79 Å². The Labute approximate surface area is 123 Å². The zero-order valence-corrected chi connectivity index (χ0v) is 12.3. The summed E-state index contributed by atoms with van der Waals surface area (Å²) < 4.78 is 0. The van der Waals surface area contributed by atoms with E-state index in [0.717, 1.165) is 36.2 Å². The summed E-state index contributed by atoms with van der Waals surface area (Å²) >= 11 is 0. The lowest BCUT2D eigenvalue weighted by Gasteiger charge is -2.24. The maximum atomic E-state index is 12.6. The molecule has 1 amide bonds. The highest BCUT2D eigenvalue weighted by Crippen LogP contribution is 2.24. The highest BCUT2D eigenvalue weighted by Gasteiger charge is 2.27. The van der Waals surface area contributed by atoms with Gasteiger partial charge in [0.25, 0.3) is 5.91 Å². The number of aromatic amines is 1. The first kappa shape index (κ1) is 13.7. The normalized spacial score (nSPS) is 14.8. The summed E-state index contributed by atoms with van der Waals surface area (Å²) in [5, 5.41) is 7.19. The van der Waals surface area contributed by atoms with Gasteiger partial charge in [0.15, 0.2) is 5.69 Å². The Hall–Kier alpha value is -2.24. The fourth-order valence-corrected chi connectivity index (χ4v) is 2.74. The van der Waals surface area contributed by atoms with Crippen LogP contribution in [0.4, 0.5) is 0 Å². The van der Waals surface area contributed by atoms with E-state index in [1.165, 1.54) is 0 Å². The highest BCUT2D eigenvalue weighted by molar-refractivity contribution is 5.94. The van der Waals surface area contributed by atoms with E-state index >= 15 is 0 Å². The van der Waals surface area contributed by atoms with Gasteiger partial charge in [0.2, 0.25) is 0 Å². The molecule has 2 heterocycles. The van der Waals surface area contributed by atoms with Crippen LogP contribution in [-0.4, -0.2) is 44.1 Å². The van der Waals surface area contributed by atoms with Crippen LogP contribution in [0.1, 0.15) is 40.8 Å². The van der Waals surface area contributed by atoms with Crippen LogP contribution in [0.25, 0.3) is 0 Å². The number of aryl methyl sites for hydroxylation is 1. The predicted octanol–water partition coefficient (Wildman–Crippen LogP) is 1.39. The van der Waals surface area contributed by atoms with Gasteiger partial charge in [-0.15, -0.1) is 0 Å². The fourth-order valence-electron chi connectivity index (χ4n) is 2.74. The molecule has 1 N–H and O–H groups in total. The molecule has 0 radical (unpaired) electrons. The first-order valence-corrected chi connectivity index (χ1v) is 7.25. The predicted molar refractivity (Wildman–Crippen MR) is 77.9 cm³/mol. The molecular weight excluding hydrogens is 266 g/mol. The third-order valence-electron chi connectivity index (χ3n) is 4.11. The molecule has 6 heteroatoms. The minimum atomic E-state index is -0.0224. The van der Waals surface area contributed by atoms with Crippen LogP contribution in [0.15, 0.2) is 18.6 Å². The number of H-pyrrole nitrogens is 1. The van der Waals surface area contributed by atoms with E-state index in [1.807, 2.05) is 14.0 Å². The monoisotopic (exact) mass is 285 g/mol. The lowest BCUT2D eigenvalue weighted by Crippen LogP contribution is -2.37. The number of likely N-dealkylation sites (N-methyl/N-ethyl adjacent to an activating group) is 1. The highest BCUT2D eigenvalue weighted by atomic mass is 16.2. The van der Waals surface area contributed by atoms with E-state index in [4.69, 9.17) is 0 Å². The van der Waals surface area contributed by atoms with Crippen LogP contribution in [0.5, 0.6) is 0 Å². The summed E-state index contributed by atoms with van der Waals surface area (Å²) in [4.78, 5) is 22.7. The van der Waals surface area contributed by atoms with Gasteiger partial charge < -0.3 is 4.90 Å². The van der Waals surface area contributed by atoms with Crippen molar-refractivity contribution in [2.75, 3.05) is 7.05 Å². The molecule has 1 atom stereocenters. The van der Waals surface area contributed by atoms with Crippen LogP contribution in [0.3, 0.4) is 0 Å². The SMILES string of the molecule is C[C@H](Cc1cnccn1)N(C)C(=O)c1n[nH]c2c1CCC2. The quantitative estimate of drug-likeness (QED) is 0.921. The molecule has 0 bridgehead atoms.